The zero-order valence-corrected chi connectivity index (χ0v) is 12.2. The maximum atomic E-state index is 11.2. The van der Waals surface area contributed by atoms with Gasteiger partial charge in [0.1, 0.15) is 5.69 Å². The first-order valence-electron chi connectivity index (χ1n) is 5.60. The summed E-state index contributed by atoms with van der Waals surface area (Å²) < 4.78 is 0. The van der Waals surface area contributed by atoms with Gasteiger partial charge < -0.3 is 5.32 Å². The molecule has 0 aliphatic carbocycles. The molecule has 0 radical (unpaired) electrons. The SMILES string of the molecule is CNc1nc(C)c([N+](=O)[O-])c(-c2cc(Cl)ccc2Cl)n1. The zero-order valence-electron chi connectivity index (χ0n) is 10.6. The monoisotopic (exact) mass is 312 g/mol. The Morgan fingerprint density at radius 2 is 2.00 bits per heavy atom. The molecule has 8 heteroatoms. The number of benzene rings is 1. The summed E-state index contributed by atoms with van der Waals surface area (Å²) in [5, 5.41) is 14.7. The third-order valence-corrected chi connectivity index (χ3v) is 3.21. The summed E-state index contributed by atoms with van der Waals surface area (Å²) in [7, 11) is 1.63. The van der Waals surface area contributed by atoms with Gasteiger partial charge in [-0.25, -0.2) is 9.97 Å². The van der Waals surface area contributed by atoms with Crippen LogP contribution in [0.5, 0.6) is 0 Å². The molecule has 1 N–H and O–H groups in total. The van der Waals surface area contributed by atoms with Gasteiger partial charge in [-0.15, -0.1) is 0 Å². The topological polar surface area (TPSA) is 81.0 Å². The summed E-state index contributed by atoms with van der Waals surface area (Å²) in [5.41, 5.74) is 0.598. The van der Waals surface area contributed by atoms with Crippen molar-refractivity contribution < 1.29 is 4.92 Å². The number of rotatable bonds is 3. The molecule has 0 atom stereocenters. The van der Waals surface area contributed by atoms with Crippen molar-refractivity contribution in [2.24, 2.45) is 0 Å². The lowest BCUT2D eigenvalue weighted by Gasteiger charge is -2.09. The molecule has 0 fully saturated rings. The molecule has 0 amide bonds. The molecule has 0 aliphatic rings. The van der Waals surface area contributed by atoms with E-state index < -0.39 is 4.92 Å². The minimum Gasteiger partial charge on any atom is -0.357 e. The first kappa shape index (κ1) is 14.5. The third kappa shape index (κ3) is 2.66. The summed E-state index contributed by atoms with van der Waals surface area (Å²) >= 11 is 12.0. The quantitative estimate of drug-likeness (QED) is 0.690. The van der Waals surface area contributed by atoms with Crippen molar-refractivity contribution in [3.63, 3.8) is 0 Å². The highest BCUT2D eigenvalue weighted by atomic mass is 35.5. The Hall–Kier alpha value is -1.92. The highest BCUT2D eigenvalue weighted by molar-refractivity contribution is 6.35. The van der Waals surface area contributed by atoms with E-state index in [9.17, 15) is 10.1 Å². The molecular weight excluding hydrogens is 303 g/mol. The summed E-state index contributed by atoms with van der Waals surface area (Å²) in [6.45, 7) is 1.54. The van der Waals surface area contributed by atoms with E-state index in [0.717, 1.165) is 0 Å². The Kier molecular flexibility index (Phi) is 4.06. The Labute approximate surface area is 124 Å². The summed E-state index contributed by atoms with van der Waals surface area (Å²) in [6.07, 6.45) is 0. The molecule has 20 heavy (non-hydrogen) atoms. The Balaban J connectivity index is 2.80. The van der Waals surface area contributed by atoms with Crippen molar-refractivity contribution in [1.29, 1.82) is 0 Å². The summed E-state index contributed by atoms with van der Waals surface area (Å²) in [4.78, 5) is 18.9. The molecule has 1 aromatic carbocycles. The van der Waals surface area contributed by atoms with E-state index in [1.165, 1.54) is 6.07 Å². The van der Waals surface area contributed by atoms with E-state index in [1.807, 2.05) is 0 Å². The molecule has 1 aromatic heterocycles. The van der Waals surface area contributed by atoms with Crippen LogP contribution < -0.4 is 5.32 Å². The van der Waals surface area contributed by atoms with Crippen LogP contribution in [0.25, 0.3) is 11.3 Å². The van der Waals surface area contributed by atoms with Gasteiger partial charge in [0, 0.05) is 17.6 Å². The molecular formula is C12H10Cl2N4O2. The van der Waals surface area contributed by atoms with Crippen molar-refractivity contribution in [3.05, 3.63) is 44.1 Å². The molecule has 0 saturated heterocycles. The van der Waals surface area contributed by atoms with Gasteiger partial charge in [-0.05, 0) is 25.1 Å². The number of nitrogens with zero attached hydrogens (tertiary/aromatic N) is 3. The second-order valence-corrected chi connectivity index (χ2v) is 4.80. The van der Waals surface area contributed by atoms with Crippen LogP contribution in [0.3, 0.4) is 0 Å². The molecule has 0 saturated carbocycles. The second-order valence-electron chi connectivity index (χ2n) is 3.96. The molecule has 104 valence electrons. The first-order chi connectivity index (χ1) is 9.43. The van der Waals surface area contributed by atoms with Crippen molar-refractivity contribution in [3.8, 4) is 11.3 Å². The number of anilines is 1. The zero-order chi connectivity index (χ0) is 14.9. The molecule has 6 nitrogen and oxygen atoms in total. The highest BCUT2D eigenvalue weighted by Crippen LogP contribution is 2.36. The first-order valence-corrected chi connectivity index (χ1v) is 6.36. The number of nitro groups is 1. The van der Waals surface area contributed by atoms with E-state index >= 15 is 0 Å². The van der Waals surface area contributed by atoms with E-state index in [1.54, 1.807) is 26.1 Å². The number of hydrogen-bond acceptors (Lipinski definition) is 5. The van der Waals surface area contributed by atoms with Crippen LogP contribution in [0.2, 0.25) is 10.0 Å². The fourth-order valence-corrected chi connectivity index (χ4v) is 2.14. The minimum absolute atomic E-state index is 0.138. The standard InChI is InChI=1S/C12H10Cl2N4O2/c1-6-11(18(19)20)10(17-12(15-2)16-6)8-5-7(13)3-4-9(8)14/h3-5H,1-2H3,(H,15,16,17). The molecule has 1 heterocycles. The van der Waals surface area contributed by atoms with Gasteiger partial charge in [0.2, 0.25) is 5.95 Å². The lowest BCUT2D eigenvalue weighted by atomic mass is 10.1. The van der Waals surface area contributed by atoms with E-state index in [-0.39, 0.29) is 23.0 Å². The maximum absolute atomic E-state index is 11.2. The largest absolute Gasteiger partial charge is 0.357 e. The number of halogens is 2. The average molecular weight is 313 g/mol. The Bertz CT molecular complexity index is 691. The van der Waals surface area contributed by atoms with Gasteiger partial charge in [-0.1, -0.05) is 23.2 Å². The van der Waals surface area contributed by atoms with Gasteiger partial charge in [0.15, 0.2) is 5.69 Å². The molecule has 0 aliphatic heterocycles. The van der Waals surface area contributed by atoms with Gasteiger partial charge >= 0.3 is 5.69 Å². The van der Waals surface area contributed by atoms with Crippen LogP contribution in [-0.4, -0.2) is 21.9 Å². The fourth-order valence-electron chi connectivity index (χ4n) is 1.76. The van der Waals surface area contributed by atoms with Crippen molar-refractivity contribution >= 4 is 34.8 Å². The van der Waals surface area contributed by atoms with E-state index in [0.29, 0.717) is 15.6 Å². The molecule has 0 unspecified atom stereocenters. The van der Waals surface area contributed by atoms with Crippen molar-refractivity contribution in [2.75, 3.05) is 12.4 Å². The van der Waals surface area contributed by atoms with Gasteiger partial charge in [-0.2, -0.15) is 0 Å². The fraction of sp³-hybridized carbons (Fsp3) is 0.167. The Morgan fingerprint density at radius 1 is 1.30 bits per heavy atom. The number of hydrogen-bond donors (Lipinski definition) is 1. The smallest absolute Gasteiger partial charge is 0.316 e. The van der Waals surface area contributed by atoms with Crippen LogP contribution in [0.15, 0.2) is 18.2 Å². The van der Waals surface area contributed by atoms with Crippen molar-refractivity contribution in [1.82, 2.24) is 9.97 Å². The maximum Gasteiger partial charge on any atom is 0.316 e. The molecule has 2 aromatic rings. The van der Waals surface area contributed by atoms with Crippen LogP contribution in [0, 0.1) is 17.0 Å². The van der Waals surface area contributed by atoms with E-state index in [4.69, 9.17) is 23.2 Å². The second kappa shape index (κ2) is 5.60. The lowest BCUT2D eigenvalue weighted by Crippen LogP contribution is -2.05. The Morgan fingerprint density at radius 3 is 2.60 bits per heavy atom. The lowest BCUT2D eigenvalue weighted by molar-refractivity contribution is -0.385. The van der Waals surface area contributed by atoms with Crippen LogP contribution in [-0.2, 0) is 0 Å². The summed E-state index contributed by atoms with van der Waals surface area (Å²) in [5.74, 6) is 0.277. The van der Waals surface area contributed by atoms with Crippen LogP contribution >= 0.6 is 23.2 Å². The van der Waals surface area contributed by atoms with Crippen LogP contribution in [0.1, 0.15) is 5.69 Å². The van der Waals surface area contributed by atoms with E-state index in [2.05, 4.69) is 15.3 Å². The van der Waals surface area contributed by atoms with Gasteiger partial charge in [0.05, 0.1) is 9.95 Å². The van der Waals surface area contributed by atoms with Crippen molar-refractivity contribution in [2.45, 2.75) is 6.92 Å². The van der Waals surface area contributed by atoms with Gasteiger partial charge in [0.25, 0.3) is 0 Å². The predicted molar refractivity (Wildman–Crippen MR) is 78.4 cm³/mol. The predicted octanol–water partition coefficient (Wildman–Crippen LogP) is 3.71. The minimum atomic E-state index is -0.526. The normalized spacial score (nSPS) is 10.4. The third-order valence-electron chi connectivity index (χ3n) is 2.65. The number of aromatic nitrogens is 2. The molecule has 0 bridgehead atoms. The molecule has 0 spiro atoms. The highest BCUT2D eigenvalue weighted by Gasteiger charge is 2.24. The van der Waals surface area contributed by atoms with Crippen LogP contribution in [0.4, 0.5) is 11.6 Å². The number of nitrogens with one attached hydrogen (secondary N) is 1. The average Bonchev–Trinajstić information content (AvgIpc) is 2.40. The summed E-state index contributed by atoms with van der Waals surface area (Å²) in [6, 6.07) is 4.71. The molecule has 2 rings (SSSR count). The van der Waals surface area contributed by atoms with Gasteiger partial charge in [-0.3, -0.25) is 10.1 Å². The number of aryl methyl sites for hydroxylation is 1.